The molecule has 1 rings (SSSR count). The van der Waals surface area contributed by atoms with Crippen LogP contribution in [0.3, 0.4) is 0 Å². The average molecular weight is 147 g/mol. The number of aryl methyl sites for hydroxylation is 1. The fraction of sp³-hybridized carbons (Fsp3) is 0.143. The molecule has 1 N–H and O–H groups in total. The second-order valence-electron chi connectivity index (χ2n) is 1.79. The molecule has 0 aliphatic heterocycles. The standard InChI is InChI=1S/C7H8O.K/c1-6-4-2-3-5-7(6)8;/h2-5,8H,1H3;. The van der Waals surface area contributed by atoms with Gasteiger partial charge in [-0.25, -0.2) is 0 Å². The molecule has 1 aromatic carbocycles. The molecule has 2 heteroatoms. The number of hydrogen-bond donors (Lipinski definition) is 1. The van der Waals surface area contributed by atoms with E-state index in [1.165, 1.54) is 0 Å². The zero-order valence-corrected chi connectivity index (χ0v) is 8.88. The number of benzene rings is 1. The summed E-state index contributed by atoms with van der Waals surface area (Å²) in [5.41, 5.74) is 0.924. The molecule has 0 amide bonds. The minimum absolute atomic E-state index is 0. The first kappa shape index (κ1) is 9.66. The summed E-state index contributed by atoms with van der Waals surface area (Å²) in [6, 6.07) is 7.25. The Balaban J connectivity index is 0.000000640. The number of rotatable bonds is 0. The zero-order chi connectivity index (χ0) is 5.98. The summed E-state index contributed by atoms with van der Waals surface area (Å²) in [4.78, 5) is 0. The van der Waals surface area contributed by atoms with Crippen molar-refractivity contribution in [2.24, 2.45) is 0 Å². The summed E-state index contributed by atoms with van der Waals surface area (Å²) in [6.45, 7) is 1.87. The molecular weight excluding hydrogens is 139 g/mol. The van der Waals surface area contributed by atoms with Gasteiger partial charge in [0, 0.05) is 51.4 Å². The molecule has 0 aliphatic rings. The van der Waals surface area contributed by atoms with E-state index in [9.17, 15) is 0 Å². The first-order valence-corrected chi connectivity index (χ1v) is 2.55. The van der Waals surface area contributed by atoms with Crippen molar-refractivity contribution in [2.45, 2.75) is 6.92 Å². The average Bonchev–Trinajstić information content (AvgIpc) is 1.77. The summed E-state index contributed by atoms with van der Waals surface area (Å²) >= 11 is 0. The second kappa shape index (κ2) is 4.47. The molecule has 0 aromatic heterocycles. The van der Waals surface area contributed by atoms with Gasteiger partial charge < -0.3 is 5.11 Å². The van der Waals surface area contributed by atoms with Crippen LogP contribution in [-0.4, -0.2) is 56.5 Å². The Hall–Kier alpha value is 0.656. The zero-order valence-electron chi connectivity index (χ0n) is 5.76. The van der Waals surface area contributed by atoms with Crippen molar-refractivity contribution in [3.05, 3.63) is 29.8 Å². The van der Waals surface area contributed by atoms with Crippen LogP contribution in [-0.2, 0) is 0 Å². The quantitative estimate of drug-likeness (QED) is 0.549. The molecule has 0 saturated heterocycles. The van der Waals surface area contributed by atoms with Crippen LogP contribution in [0, 0.1) is 6.92 Å². The first-order valence-electron chi connectivity index (χ1n) is 2.55. The van der Waals surface area contributed by atoms with Crippen molar-refractivity contribution in [3.63, 3.8) is 0 Å². The van der Waals surface area contributed by atoms with Crippen molar-refractivity contribution in [1.82, 2.24) is 0 Å². The number of phenols is 1. The largest absolute Gasteiger partial charge is 0.508 e. The van der Waals surface area contributed by atoms with Gasteiger partial charge in [0.15, 0.2) is 0 Å². The maximum atomic E-state index is 8.92. The van der Waals surface area contributed by atoms with E-state index in [2.05, 4.69) is 0 Å². The molecule has 1 radical (unpaired) electrons. The van der Waals surface area contributed by atoms with Gasteiger partial charge in [-0.05, 0) is 18.6 Å². The topological polar surface area (TPSA) is 20.2 Å². The van der Waals surface area contributed by atoms with Gasteiger partial charge in [0.25, 0.3) is 0 Å². The van der Waals surface area contributed by atoms with E-state index in [1.807, 2.05) is 25.1 Å². The van der Waals surface area contributed by atoms with Gasteiger partial charge in [-0.15, -0.1) is 0 Å². The fourth-order valence-electron chi connectivity index (χ4n) is 0.563. The molecule has 0 fully saturated rings. The van der Waals surface area contributed by atoms with Crippen LogP contribution in [0.5, 0.6) is 5.75 Å². The molecular formula is C7H8KO. The normalized spacial score (nSPS) is 8.11. The number of aromatic hydroxyl groups is 1. The molecule has 1 aromatic rings. The Labute approximate surface area is 97.5 Å². The maximum absolute atomic E-state index is 8.92. The van der Waals surface area contributed by atoms with E-state index in [1.54, 1.807) is 6.07 Å². The van der Waals surface area contributed by atoms with Gasteiger partial charge in [0.05, 0.1) is 0 Å². The third-order valence-electron chi connectivity index (χ3n) is 1.12. The summed E-state index contributed by atoms with van der Waals surface area (Å²) in [5.74, 6) is 0.368. The van der Waals surface area contributed by atoms with E-state index in [-0.39, 0.29) is 51.4 Å². The van der Waals surface area contributed by atoms with Crippen molar-refractivity contribution < 1.29 is 5.11 Å². The van der Waals surface area contributed by atoms with E-state index < -0.39 is 0 Å². The van der Waals surface area contributed by atoms with Crippen LogP contribution >= 0.6 is 0 Å². The Morgan fingerprint density at radius 3 is 2.11 bits per heavy atom. The minimum Gasteiger partial charge on any atom is -0.508 e. The van der Waals surface area contributed by atoms with Crippen molar-refractivity contribution in [3.8, 4) is 5.75 Å². The summed E-state index contributed by atoms with van der Waals surface area (Å²) in [6.07, 6.45) is 0. The van der Waals surface area contributed by atoms with Gasteiger partial charge >= 0.3 is 0 Å². The van der Waals surface area contributed by atoms with Gasteiger partial charge in [-0.2, -0.15) is 0 Å². The van der Waals surface area contributed by atoms with Crippen LogP contribution in [0.15, 0.2) is 24.3 Å². The predicted molar refractivity (Wildman–Crippen MR) is 38.6 cm³/mol. The SMILES string of the molecule is Cc1ccccc1O.[K]. The monoisotopic (exact) mass is 147 g/mol. The third-order valence-corrected chi connectivity index (χ3v) is 1.12. The molecule has 0 saturated carbocycles. The predicted octanol–water partition coefficient (Wildman–Crippen LogP) is 1.32. The van der Waals surface area contributed by atoms with Crippen LogP contribution in [0.4, 0.5) is 0 Å². The molecule has 0 spiro atoms. The Bertz CT molecular complexity index is 165. The van der Waals surface area contributed by atoms with Gasteiger partial charge in [-0.1, -0.05) is 18.2 Å². The smallest absolute Gasteiger partial charge is 0.118 e. The number of phenolic OH excluding ortho intramolecular Hbond substituents is 1. The molecule has 1 nitrogen and oxygen atoms in total. The first-order chi connectivity index (χ1) is 3.80. The second-order valence-corrected chi connectivity index (χ2v) is 1.79. The van der Waals surface area contributed by atoms with Gasteiger partial charge in [0.2, 0.25) is 0 Å². The summed E-state index contributed by atoms with van der Waals surface area (Å²) < 4.78 is 0. The van der Waals surface area contributed by atoms with E-state index in [0.29, 0.717) is 5.75 Å². The van der Waals surface area contributed by atoms with Crippen LogP contribution in [0.25, 0.3) is 0 Å². The summed E-state index contributed by atoms with van der Waals surface area (Å²) in [5, 5.41) is 8.92. The third kappa shape index (κ3) is 2.82. The fourth-order valence-corrected chi connectivity index (χ4v) is 0.563. The molecule has 43 valence electrons. The van der Waals surface area contributed by atoms with Crippen LogP contribution in [0.1, 0.15) is 5.56 Å². The Kier molecular flexibility index (Phi) is 4.79. The minimum atomic E-state index is 0. The Morgan fingerprint density at radius 2 is 1.78 bits per heavy atom. The number of hydrogen-bond acceptors (Lipinski definition) is 1. The molecule has 0 unspecified atom stereocenters. The maximum Gasteiger partial charge on any atom is 0.118 e. The molecule has 9 heavy (non-hydrogen) atoms. The summed E-state index contributed by atoms with van der Waals surface area (Å²) in [7, 11) is 0. The van der Waals surface area contributed by atoms with Crippen LogP contribution < -0.4 is 0 Å². The van der Waals surface area contributed by atoms with E-state index in [0.717, 1.165) is 5.56 Å². The van der Waals surface area contributed by atoms with E-state index >= 15 is 0 Å². The van der Waals surface area contributed by atoms with E-state index in [4.69, 9.17) is 5.11 Å². The van der Waals surface area contributed by atoms with Gasteiger partial charge in [-0.3, -0.25) is 0 Å². The van der Waals surface area contributed by atoms with Crippen molar-refractivity contribution >= 4 is 51.4 Å². The van der Waals surface area contributed by atoms with Crippen molar-refractivity contribution in [1.29, 1.82) is 0 Å². The molecule has 0 atom stereocenters. The molecule has 0 aliphatic carbocycles. The molecule has 0 bridgehead atoms. The van der Waals surface area contributed by atoms with Crippen LogP contribution in [0.2, 0.25) is 0 Å². The van der Waals surface area contributed by atoms with Gasteiger partial charge in [0.1, 0.15) is 5.75 Å². The Morgan fingerprint density at radius 1 is 1.22 bits per heavy atom. The number of para-hydroxylation sites is 1. The van der Waals surface area contributed by atoms with Crippen molar-refractivity contribution in [2.75, 3.05) is 0 Å². The molecule has 0 heterocycles.